The summed E-state index contributed by atoms with van der Waals surface area (Å²) >= 11 is 12.2. The Morgan fingerprint density at radius 1 is 1.00 bits per heavy atom. The molecule has 1 aliphatic heterocycles. The van der Waals surface area contributed by atoms with E-state index in [-0.39, 0.29) is 45.7 Å². The third-order valence-electron chi connectivity index (χ3n) is 6.09. The minimum Gasteiger partial charge on any atom is -0.389 e. The van der Waals surface area contributed by atoms with Gasteiger partial charge in [0.1, 0.15) is 22.9 Å². The molecule has 0 unspecified atom stereocenters. The predicted molar refractivity (Wildman–Crippen MR) is 136 cm³/mol. The number of carbonyl (C=O) groups is 1. The van der Waals surface area contributed by atoms with E-state index >= 15 is 0 Å². The molecule has 196 valence electrons. The van der Waals surface area contributed by atoms with Crippen LogP contribution in [-0.4, -0.2) is 51.0 Å². The van der Waals surface area contributed by atoms with Crippen LogP contribution in [0.5, 0.6) is 0 Å². The zero-order valence-corrected chi connectivity index (χ0v) is 20.6. The Morgan fingerprint density at radius 3 is 2.21 bits per heavy atom. The van der Waals surface area contributed by atoms with Gasteiger partial charge in [-0.1, -0.05) is 29.3 Å². The van der Waals surface area contributed by atoms with Gasteiger partial charge in [0.2, 0.25) is 5.43 Å². The number of nitrogens with zero attached hydrogens (tertiary/aromatic N) is 3. The standard InChI is InChI=1S/C25H17Cl2F3N4O4/c26-14-2-1-3-15(27)21(14)32-25(38)13-8-34(22-16(29)6-11(28)7-17(22)30)24-12(23(13)37)4-5-20(31-24)33-9-18(35)19(36)10-33/h1-8,18-19,35-36H,9-10H2,(H,32,38)/t18-,19-/m1/s1. The van der Waals surface area contributed by atoms with Crippen molar-refractivity contribution in [2.75, 3.05) is 23.3 Å². The number of fused-ring (bicyclic) bond motifs is 1. The number of nitrogens with one attached hydrogen (secondary N) is 1. The van der Waals surface area contributed by atoms with Crippen molar-refractivity contribution in [2.45, 2.75) is 12.2 Å². The number of benzene rings is 2. The average Bonchev–Trinajstić information content (AvgIpc) is 3.20. The van der Waals surface area contributed by atoms with Crippen molar-refractivity contribution >= 4 is 51.6 Å². The fourth-order valence-corrected chi connectivity index (χ4v) is 4.71. The number of pyridine rings is 2. The first-order valence-corrected chi connectivity index (χ1v) is 11.9. The van der Waals surface area contributed by atoms with Gasteiger partial charge in [-0.3, -0.25) is 14.2 Å². The fourth-order valence-electron chi connectivity index (χ4n) is 4.22. The van der Waals surface area contributed by atoms with E-state index in [0.29, 0.717) is 12.1 Å². The molecule has 8 nitrogen and oxygen atoms in total. The van der Waals surface area contributed by atoms with Crippen molar-refractivity contribution < 1.29 is 28.2 Å². The van der Waals surface area contributed by atoms with Gasteiger partial charge in [0.25, 0.3) is 5.91 Å². The lowest BCUT2D eigenvalue weighted by Crippen LogP contribution is -2.26. The van der Waals surface area contributed by atoms with Gasteiger partial charge in [0.15, 0.2) is 17.3 Å². The van der Waals surface area contributed by atoms with Crippen molar-refractivity contribution in [1.29, 1.82) is 0 Å². The molecule has 3 heterocycles. The molecule has 0 radical (unpaired) electrons. The highest BCUT2D eigenvalue weighted by atomic mass is 35.5. The maximum atomic E-state index is 14.9. The molecular formula is C25H17Cl2F3N4O4. The lowest BCUT2D eigenvalue weighted by Gasteiger charge is -2.19. The number of amides is 1. The van der Waals surface area contributed by atoms with Gasteiger partial charge in [-0.15, -0.1) is 0 Å². The van der Waals surface area contributed by atoms with Crippen molar-refractivity contribution in [2.24, 2.45) is 0 Å². The SMILES string of the molecule is O=C(Nc1c(Cl)cccc1Cl)c1cn(-c2c(F)cc(F)cc2F)c2nc(N3C[C@@H](O)[C@H](O)C3)ccc2c1=O. The van der Waals surface area contributed by atoms with E-state index in [2.05, 4.69) is 10.3 Å². The molecule has 5 rings (SSSR count). The van der Waals surface area contributed by atoms with E-state index in [1.807, 2.05) is 0 Å². The van der Waals surface area contributed by atoms with Crippen LogP contribution in [-0.2, 0) is 0 Å². The highest BCUT2D eigenvalue weighted by Gasteiger charge is 2.31. The molecule has 0 aliphatic carbocycles. The third-order valence-corrected chi connectivity index (χ3v) is 6.72. The highest BCUT2D eigenvalue weighted by molar-refractivity contribution is 6.40. The minimum absolute atomic E-state index is 0.0161. The Labute approximate surface area is 222 Å². The highest BCUT2D eigenvalue weighted by Crippen LogP contribution is 2.31. The summed E-state index contributed by atoms with van der Waals surface area (Å²) in [7, 11) is 0. The fraction of sp³-hybridized carbons (Fsp3) is 0.160. The molecule has 0 spiro atoms. The molecule has 1 saturated heterocycles. The first-order chi connectivity index (χ1) is 18.0. The van der Waals surface area contributed by atoms with Gasteiger partial charge in [-0.05, 0) is 24.3 Å². The number of β-amino-alcohol motifs (C(OH)–C–C–N with tert-alkyl or cyclic N) is 2. The topological polar surface area (TPSA) is 108 Å². The summed E-state index contributed by atoms with van der Waals surface area (Å²) in [6, 6.07) is 8.07. The van der Waals surface area contributed by atoms with Gasteiger partial charge < -0.3 is 20.4 Å². The van der Waals surface area contributed by atoms with Crippen molar-refractivity contribution in [3.8, 4) is 5.69 Å². The zero-order valence-electron chi connectivity index (χ0n) is 19.1. The van der Waals surface area contributed by atoms with Crippen LogP contribution in [0.4, 0.5) is 24.7 Å². The largest absolute Gasteiger partial charge is 0.389 e. The van der Waals surface area contributed by atoms with Crippen molar-refractivity contribution in [3.05, 3.63) is 91.9 Å². The zero-order chi connectivity index (χ0) is 27.3. The molecule has 13 heteroatoms. The van der Waals surface area contributed by atoms with Gasteiger partial charge in [-0.2, -0.15) is 0 Å². The number of anilines is 2. The average molecular weight is 565 g/mol. The number of para-hydroxylation sites is 1. The maximum absolute atomic E-state index is 14.9. The van der Waals surface area contributed by atoms with Crippen LogP contribution in [0.15, 0.2) is 53.5 Å². The smallest absolute Gasteiger partial charge is 0.261 e. The van der Waals surface area contributed by atoms with Crippen LogP contribution in [0.3, 0.4) is 0 Å². The number of halogens is 5. The first-order valence-electron chi connectivity index (χ1n) is 11.1. The molecule has 2 atom stereocenters. The molecule has 2 aromatic carbocycles. The molecule has 38 heavy (non-hydrogen) atoms. The minimum atomic E-state index is -1.31. The molecule has 0 saturated carbocycles. The summed E-state index contributed by atoms with van der Waals surface area (Å²) in [6.45, 7) is 0.0323. The second-order valence-corrected chi connectivity index (χ2v) is 9.41. The third kappa shape index (κ3) is 4.58. The van der Waals surface area contributed by atoms with E-state index in [1.54, 1.807) is 6.07 Å². The van der Waals surface area contributed by atoms with Crippen molar-refractivity contribution in [1.82, 2.24) is 9.55 Å². The summed E-state index contributed by atoms with van der Waals surface area (Å²) in [4.78, 5) is 32.4. The van der Waals surface area contributed by atoms with E-state index in [9.17, 15) is 33.0 Å². The molecule has 3 N–H and O–H groups in total. The van der Waals surface area contributed by atoms with Crippen LogP contribution >= 0.6 is 23.2 Å². The Kier molecular flexibility index (Phi) is 6.78. The monoisotopic (exact) mass is 564 g/mol. The van der Waals surface area contributed by atoms with Gasteiger partial charge in [0.05, 0.1) is 33.3 Å². The van der Waals surface area contributed by atoms with Crippen LogP contribution in [0, 0.1) is 17.5 Å². The van der Waals surface area contributed by atoms with Crippen molar-refractivity contribution in [3.63, 3.8) is 0 Å². The van der Waals surface area contributed by atoms with E-state index < -0.39 is 52.2 Å². The lowest BCUT2D eigenvalue weighted by molar-refractivity contribution is 0.0572. The Balaban J connectivity index is 1.72. The van der Waals surface area contributed by atoms with E-state index in [0.717, 1.165) is 10.8 Å². The number of carbonyl (C=O) groups excluding carboxylic acids is 1. The summed E-state index contributed by atoms with van der Waals surface area (Å²) < 4.78 is 44.3. The predicted octanol–water partition coefficient (Wildman–Crippen LogP) is 3.90. The van der Waals surface area contributed by atoms with Crippen LogP contribution in [0.2, 0.25) is 10.0 Å². The van der Waals surface area contributed by atoms with Gasteiger partial charge >= 0.3 is 0 Å². The van der Waals surface area contributed by atoms with E-state index in [4.69, 9.17) is 23.2 Å². The Bertz CT molecular complexity index is 1610. The lowest BCUT2D eigenvalue weighted by atomic mass is 10.1. The maximum Gasteiger partial charge on any atom is 0.261 e. The second kappa shape index (κ2) is 9.91. The molecule has 4 aromatic rings. The number of hydrogen-bond donors (Lipinski definition) is 3. The number of aliphatic hydroxyl groups excluding tert-OH is 2. The van der Waals surface area contributed by atoms with Crippen LogP contribution in [0.25, 0.3) is 16.7 Å². The number of aromatic nitrogens is 2. The van der Waals surface area contributed by atoms with Crippen LogP contribution < -0.4 is 15.6 Å². The summed E-state index contributed by atoms with van der Waals surface area (Å²) in [5, 5.41) is 22.2. The van der Waals surface area contributed by atoms with Gasteiger partial charge in [0, 0.05) is 31.4 Å². The molecule has 1 amide bonds. The number of hydrogen-bond acceptors (Lipinski definition) is 6. The van der Waals surface area contributed by atoms with E-state index in [1.165, 1.54) is 29.2 Å². The number of rotatable bonds is 4. The first kappa shape index (κ1) is 26.0. The normalized spacial score (nSPS) is 17.3. The number of aliphatic hydroxyl groups is 2. The quantitative estimate of drug-likeness (QED) is 0.347. The Hall–Kier alpha value is -3.64. The molecule has 1 aliphatic rings. The molecule has 2 aromatic heterocycles. The summed E-state index contributed by atoms with van der Waals surface area (Å²) in [5.41, 5.74) is -2.36. The van der Waals surface area contributed by atoms with Gasteiger partial charge in [-0.25, -0.2) is 18.2 Å². The molecule has 0 bridgehead atoms. The molecule has 1 fully saturated rings. The summed E-state index contributed by atoms with van der Waals surface area (Å²) in [6.07, 6.45) is -1.22. The molecular weight excluding hydrogens is 548 g/mol. The summed E-state index contributed by atoms with van der Waals surface area (Å²) in [5.74, 6) is -4.59. The second-order valence-electron chi connectivity index (χ2n) is 8.59. The van der Waals surface area contributed by atoms with Crippen LogP contribution in [0.1, 0.15) is 10.4 Å². The Morgan fingerprint density at radius 2 is 1.61 bits per heavy atom.